The van der Waals surface area contributed by atoms with Crippen molar-refractivity contribution in [2.45, 2.75) is 45.1 Å². The zero-order valence-corrected chi connectivity index (χ0v) is 22.2. The number of carbonyl (C=O) groups is 2. The summed E-state index contributed by atoms with van der Waals surface area (Å²) in [5, 5.41) is 0.670. The Hall–Kier alpha value is -1.60. The monoisotopic (exact) mass is 774 g/mol. The van der Waals surface area contributed by atoms with Gasteiger partial charge in [0.2, 0.25) is 0 Å². The molecule has 0 aliphatic rings. The standard InChI is InChI=1S/C21H14F10I2O4/c22-18(23,20(26,27)28)7-14(32)9-36-16(34)12-3-1-11-6-13(4-2-10(11)5-12)17(35)37-15(33)8-19(24,25)21(29,30)31/h1-6,14-15H,7-9H2/t14-,15+/m1/s1. The predicted molar refractivity (Wildman–Crippen MR) is 126 cm³/mol. The fourth-order valence-corrected chi connectivity index (χ4v) is 4.26. The van der Waals surface area contributed by atoms with Crippen molar-refractivity contribution in [2.24, 2.45) is 0 Å². The number of ether oxygens (including phenoxy) is 2. The Morgan fingerprint density at radius 3 is 1.59 bits per heavy atom. The number of rotatable bonds is 9. The molecule has 16 heteroatoms. The van der Waals surface area contributed by atoms with E-state index in [4.69, 9.17) is 4.74 Å². The molecule has 2 atom stereocenters. The average Bonchev–Trinajstić information content (AvgIpc) is 2.74. The van der Waals surface area contributed by atoms with Crippen LogP contribution in [-0.4, -0.2) is 50.8 Å². The fraction of sp³-hybridized carbons (Fsp3) is 0.429. The Morgan fingerprint density at radius 2 is 1.14 bits per heavy atom. The number of esters is 2. The quantitative estimate of drug-likeness (QED) is 0.113. The lowest BCUT2D eigenvalue weighted by Gasteiger charge is -2.22. The van der Waals surface area contributed by atoms with Gasteiger partial charge >= 0.3 is 36.1 Å². The van der Waals surface area contributed by atoms with E-state index in [1.807, 2.05) is 0 Å². The molecule has 0 spiro atoms. The van der Waals surface area contributed by atoms with Crippen LogP contribution in [0.25, 0.3) is 10.8 Å². The first-order valence-corrected chi connectivity index (χ1v) is 12.3. The lowest BCUT2D eigenvalue weighted by molar-refractivity contribution is -0.286. The van der Waals surface area contributed by atoms with Gasteiger partial charge in [-0.25, -0.2) is 9.59 Å². The third-order valence-corrected chi connectivity index (χ3v) is 6.16. The number of hydrogen-bond donors (Lipinski definition) is 0. The van der Waals surface area contributed by atoms with Crippen molar-refractivity contribution in [2.75, 3.05) is 6.61 Å². The Balaban J connectivity index is 2.03. The van der Waals surface area contributed by atoms with E-state index in [1.165, 1.54) is 52.9 Å². The number of fused-ring (bicyclic) bond motifs is 1. The molecule has 0 saturated carbocycles. The molecule has 0 unspecified atom stereocenters. The van der Waals surface area contributed by atoms with E-state index in [-0.39, 0.29) is 11.1 Å². The van der Waals surface area contributed by atoms with Crippen molar-refractivity contribution >= 4 is 67.9 Å². The van der Waals surface area contributed by atoms with Crippen molar-refractivity contribution in [3.8, 4) is 0 Å². The van der Waals surface area contributed by atoms with Gasteiger partial charge in [0, 0.05) is 6.42 Å². The molecule has 0 bridgehead atoms. The van der Waals surface area contributed by atoms with Gasteiger partial charge in [0.1, 0.15) is 6.61 Å². The van der Waals surface area contributed by atoms with Gasteiger partial charge < -0.3 is 9.47 Å². The van der Waals surface area contributed by atoms with E-state index in [0.717, 1.165) is 28.7 Å². The molecule has 0 saturated heterocycles. The van der Waals surface area contributed by atoms with E-state index in [0.29, 0.717) is 10.8 Å². The topological polar surface area (TPSA) is 52.6 Å². The minimum Gasteiger partial charge on any atom is -0.461 e. The molecule has 2 aromatic carbocycles. The summed E-state index contributed by atoms with van der Waals surface area (Å²) in [6.07, 6.45) is -14.9. The molecular weight excluding hydrogens is 760 g/mol. The van der Waals surface area contributed by atoms with Gasteiger partial charge in [0.25, 0.3) is 0 Å². The van der Waals surface area contributed by atoms with Gasteiger partial charge in [-0.1, -0.05) is 34.7 Å². The Bertz CT molecular complexity index is 1130. The van der Waals surface area contributed by atoms with Crippen LogP contribution < -0.4 is 0 Å². The van der Waals surface area contributed by atoms with E-state index in [9.17, 15) is 53.5 Å². The molecule has 0 aliphatic heterocycles. The highest BCUT2D eigenvalue weighted by Crippen LogP contribution is 2.41. The van der Waals surface area contributed by atoms with Gasteiger partial charge in [0.05, 0.1) is 21.5 Å². The number of alkyl halides is 12. The van der Waals surface area contributed by atoms with E-state index in [1.54, 1.807) is 0 Å². The highest BCUT2D eigenvalue weighted by Gasteiger charge is 2.59. The van der Waals surface area contributed by atoms with Crippen LogP contribution in [-0.2, 0) is 9.47 Å². The second-order valence-electron chi connectivity index (χ2n) is 7.60. The highest BCUT2D eigenvalue weighted by atomic mass is 127. The van der Waals surface area contributed by atoms with Crippen LogP contribution in [0, 0.1) is 0 Å². The molecule has 37 heavy (non-hydrogen) atoms. The highest BCUT2D eigenvalue weighted by molar-refractivity contribution is 14.1. The molecule has 0 N–H and O–H groups in total. The maximum atomic E-state index is 13.1. The number of benzene rings is 2. The molecule has 4 nitrogen and oxygen atoms in total. The Labute approximate surface area is 229 Å². The maximum Gasteiger partial charge on any atom is 0.453 e. The van der Waals surface area contributed by atoms with Crippen molar-refractivity contribution in [1.29, 1.82) is 0 Å². The van der Waals surface area contributed by atoms with Gasteiger partial charge in [-0.2, -0.15) is 43.9 Å². The first-order chi connectivity index (χ1) is 16.7. The summed E-state index contributed by atoms with van der Waals surface area (Å²) >= 11 is 2.43. The summed E-state index contributed by atoms with van der Waals surface area (Å²) in [6.45, 7) is -0.723. The van der Waals surface area contributed by atoms with Crippen molar-refractivity contribution in [3.05, 3.63) is 47.5 Å². The van der Waals surface area contributed by atoms with Crippen LogP contribution in [0.1, 0.15) is 33.6 Å². The van der Waals surface area contributed by atoms with Crippen molar-refractivity contribution in [3.63, 3.8) is 0 Å². The normalized spacial score (nSPS) is 14.8. The van der Waals surface area contributed by atoms with Crippen LogP contribution in [0.4, 0.5) is 43.9 Å². The molecule has 0 amide bonds. The lowest BCUT2D eigenvalue weighted by Crippen LogP contribution is -2.39. The number of halogens is 12. The van der Waals surface area contributed by atoms with E-state index in [2.05, 4.69) is 4.74 Å². The molecule has 0 radical (unpaired) electrons. The minimum atomic E-state index is -5.81. The molecule has 0 heterocycles. The van der Waals surface area contributed by atoms with E-state index < -0.39 is 63.6 Å². The fourth-order valence-electron chi connectivity index (χ4n) is 2.75. The molecule has 2 aromatic rings. The first kappa shape index (κ1) is 31.6. The van der Waals surface area contributed by atoms with Crippen LogP contribution in [0.2, 0.25) is 0 Å². The predicted octanol–water partition coefficient (Wildman–Crippen LogP) is 7.89. The van der Waals surface area contributed by atoms with Gasteiger partial charge in [-0.3, -0.25) is 0 Å². The number of hydrogen-bond acceptors (Lipinski definition) is 4. The second-order valence-corrected chi connectivity index (χ2v) is 10.8. The van der Waals surface area contributed by atoms with E-state index >= 15 is 0 Å². The van der Waals surface area contributed by atoms with Crippen molar-refractivity contribution in [1.82, 2.24) is 0 Å². The van der Waals surface area contributed by atoms with Gasteiger partial charge in [-0.05, 0) is 57.6 Å². The van der Waals surface area contributed by atoms with Gasteiger partial charge in [-0.15, -0.1) is 0 Å². The Morgan fingerprint density at radius 1 is 0.703 bits per heavy atom. The zero-order valence-electron chi connectivity index (χ0n) is 17.9. The average molecular weight is 774 g/mol. The molecule has 0 fully saturated rings. The molecule has 0 aromatic heterocycles. The third-order valence-electron chi connectivity index (χ3n) is 4.67. The largest absolute Gasteiger partial charge is 0.461 e. The summed E-state index contributed by atoms with van der Waals surface area (Å²) in [5.41, 5.74) is -0.270. The Kier molecular flexibility index (Phi) is 9.95. The number of carbonyl (C=O) groups excluding carboxylic acids is 2. The first-order valence-electron chi connectivity index (χ1n) is 9.83. The summed E-state index contributed by atoms with van der Waals surface area (Å²) in [7, 11) is 0. The minimum absolute atomic E-state index is 0.0873. The van der Waals surface area contributed by atoms with Crippen LogP contribution in [0.5, 0.6) is 0 Å². The van der Waals surface area contributed by atoms with Gasteiger partial charge in [0.15, 0.2) is 4.11 Å². The molecule has 0 aliphatic carbocycles. The molecule has 2 rings (SSSR count). The molecular formula is C21H14F10I2O4. The molecule has 206 valence electrons. The summed E-state index contributed by atoms with van der Waals surface area (Å²) in [5.74, 6) is -12.2. The maximum absolute atomic E-state index is 13.1. The smallest absolute Gasteiger partial charge is 0.453 e. The van der Waals surface area contributed by atoms with Crippen molar-refractivity contribution < 1.29 is 63.0 Å². The SMILES string of the molecule is O=C(OC[C@H](I)CC(F)(F)C(F)(F)F)c1ccc2cc(C(=O)O[C@H](I)CC(F)(F)C(F)(F)F)ccc2c1. The van der Waals surface area contributed by atoms with Crippen LogP contribution >= 0.6 is 45.2 Å². The summed E-state index contributed by atoms with van der Waals surface area (Å²) in [4.78, 5) is 24.4. The lowest BCUT2D eigenvalue weighted by atomic mass is 10.0. The van der Waals surface area contributed by atoms with Crippen LogP contribution in [0.3, 0.4) is 0 Å². The van der Waals surface area contributed by atoms with Crippen LogP contribution in [0.15, 0.2) is 36.4 Å². The summed E-state index contributed by atoms with van der Waals surface area (Å²) < 4.78 is 133. The zero-order chi connectivity index (χ0) is 28.4. The summed E-state index contributed by atoms with van der Waals surface area (Å²) in [6, 6.07) is 7.48. The second kappa shape index (κ2) is 11.6. The third kappa shape index (κ3) is 8.44.